The van der Waals surface area contributed by atoms with Crippen molar-refractivity contribution in [2.24, 2.45) is 0 Å². The van der Waals surface area contributed by atoms with Crippen LogP contribution >= 0.6 is 11.7 Å². The molecule has 0 aliphatic carbocycles. The highest BCUT2D eigenvalue weighted by Crippen LogP contribution is 2.16. The molecule has 0 amide bonds. The van der Waals surface area contributed by atoms with Crippen molar-refractivity contribution >= 4 is 11.7 Å². The molecule has 1 heterocycles. The SMILES string of the molecule is CCCNC(Cc1ccccc1)c1cnsn1. The lowest BCUT2D eigenvalue weighted by molar-refractivity contribution is 0.521. The van der Waals surface area contributed by atoms with Crippen molar-refractivity contribution in [2.75, 3.05) is 6.54 Å². The summed E-state index contributed by atoms with van der Waals surface area (Å²) in [4.78, 5) is 0. The monoisotopic (exact) mass is 247 g/mol. The van der Waals surface area contributed by atoms with E-state index in [1.165, 1.54) is 17.3 Å². The maximum Gasteiger partial charge on any atom is 0.0915 e. The molecule has 2 rings (SSSR count). The van der Waals surface area contributed by atoms with Crippen molar-refractivity contribution in [3.8, 4) is 0 Å². The fourth-order valence-corrected chi connectivity index (χ4v) is 2.25. The van der Waals surface area contributed by atoms with Crippen molar-refractivity contribution in [1.82, 2.24) is 14.1 Å². The van der Waals surface area contributed by atoms with Crippen molar-refractivity contribution < 1.29 is 0 Å². The molecule has 0 saturated carbocycles. The number of aromatic nitrogens is 2. The van der Waals surface area contributed by atoms with Crippen LogP contribution in [0.1, 0.15) is 30.6 Å². The van der Waals surface area contributed by atoms with E-state index in [0.29, 0.717) is 0 Å². The number of rotatable bonds is 6. The van der Waals surface area contributed by atoms with Gasteiger partial charge in [0, 0.05) is 0 Å². The number of nitrogens with one attached hydrogen (secondary N) is 1. The predicted octanol–water partition coefficient (Wildman–Crippen LogP) is 2.82. The average Bonchev–Trinajstić information content (AvgIpc) is 2.89. The minimum Gasteiger partial charge on any atom is -0.308 e. The van der Waals surface area contributed by atoms with Crippen LogP contribution in [-0.2, 0) is 6.42 Å². The third-order valence-electron chi connectivity index (χ3n) is 2.66. The normalized spacial score (nSPS) is 12.5. The van der Waals surface area contributed by atoms with Gasteiger partial charge in [0.05, 0.1) is 29.7 Å². The Kier molecular flexibility index (Phi) is 4.64. The zero-order valence-electron chi connectivity index (χ0n) is 9.97. The van der Waals surface area contributed by atoms with E-state index in [1.54, 1.807) is 0 Å². The summed E-state index contributed by atoms with van der Waals surface area (Å²) in [5, 5.41) is 3.52. The summed E-state index contributed by atoms with van der Waals surface area (Å²) in [7, 11) is 0. The lowest BCUT2D eigenvalue weighted by atomic mass is 10.0. The van der Waals surface area contributed by atoms with E-state index >= 15 is 0 Å². The Morgan fingerprint density at radius 2 is 2.12 bits per heavy atom. The molecule has 90 valence electrons. The van der Waals surface area contributed by atoms with E-state index in [-0.39, 0.29) is 6.04 Å². The van der Waals surface area contributed by atoms with Crippen molar-refractivity contribution in [3.05, 3.63) is 47.8 Å². The van der Waals surface area contributed by atoms with Crippen LogP contribution < -0.4 is 5.32 Å². The van der Waals surface area contributed by atoms with Crippen LogP contribution in [0.3, 0.4) is 0 Å². The molecule has 1 aromatic heterocycles. The summed E-state index contributed by atoms with van der Waals surface area (Å²) in [5.74, 6) is 0. The largest absolute Gasteiger partial charge is 0.308 e. The van der Waals surface area contributed by atoms with E-state index < -0.39 is 0 Å². The minimum absolute atomic E-state index is 0.274. The van der Waals surface area contributed by atoms with Gasteiger partial charge in [-0.25, -0.2) is 0 Å². The fraction of sp³-hybridized carbons (Fsp3) is 0.385. The first-order valence-corrected chi connectivity index (χ1v) is 6.68. The van der Waals surface area contributed by atoms with Crippen molar-refractivity contribution in [3.63, 3.8) is 0 Å². The molecular weight excluding hydrogens is 230 g/mol. The van der Waals surface area contributed by atoms with E-state index in [2.05, 4.69) is 45.3 Å². The summed E-state index contributed by atoms with van der Waals surface area (Å²) < 4.78 is 8.42. The Bertz CT molecular complexity index is 413. The van der Waals surface area contributed by atoms with Gasteiger partial charge in [0.1, 0.15) is 0 Å². The third-order valence-corrected chi connectivity index (χ3v) is 3.15. The van der Waals surface area contributed by atoms with Gasteiger partial charge in [0.25, 0.3) is 0 Å². The first kappa shape index (κ1) is 12.2. The van der Waals surface area contributed by atoms with Gasteiger partial charge in [-0.2, -0.15) is 8.75 Å². The summed E-state index contributed by atoms with van der Waals surface area (Å²) in [6.07, 6.45) is 3.95. The molecule has 0 spiro atoms. The Morgan fingerprint density at radius 1 is 1.29 bits per heavy atom. The average molecular weight is 247 g/mol. The molecule has 1 atom stereocenters. The summed E-state index contributed by atoms with van der Waals surface area (Å²) in [6, 6.07) is 10.8. The summed E-state index contributed by atoms with van der Waals surface area (Å²) in [5.41, 5.74) is 2.38. The molecule has 1 unspecified atom stereocenters. The lowest BCUT2D eigenvalue weighted by Crippen LogP contribution is -2.24. The molecule has 0 fully saturated rings. The second-order valence-electron chi connectivity index (χ2n) is 4.03. The number of hydrogen-bond acceptors (Lipinski definition) is 4. The predicted molar refractivity (Wildman–Crippen MR) is 71.1 cm³/mol. The Hall–Kier alpha value is -1.26. The van der Waals surface area contributed by atoms with E-state index in [0.717, 1.165) is 25.1 Å². The molecule has 1 N–H and O–H groups in total. The topological polar surface area (TPSA) is 37.8 Å². The zero-order chi connectivity index (χ0) is 11.9. The quantitative estimate of drug-likeness (QED) is 0.853. The van der Waals surface area contributed by atoms with Gasteiger partial charge >= 0.3 is 0 Å². The second-order valence-corrected chi connectivity index (χ2v) is 4.59. The molecule has 0 aliphatic rings. The highest BCUT2D eigenvalue weighted by atomic mass is 32.1. The molecule has 0 saturated heterocycles. The zero-order valence-corrected chi connectivity index (χ0v) is 10.8. The molecular formula is C13H17N3S. The smallest absolute Gasteiger partial charge is 0.0915 e. The first-order valence-electron chi connectivity index (χ1n) is 5.95. The number of nitrogens with zero attached hydrogens (tertiary/aromatic N) is 2. The molecule has 0 radical (unpaired) electrons. The van der Waals surface area contributed by atoms with Gasteiger partial charge in [-0.15, -0.1) is 0 Å². The van der Waals surface area contributed by atoms with Crippen LogP contribution in [0.15, 0.2) is 36.5 Å². The standard InChI is InChI=1S/C13H17N3S/c1-2-8-14-12(13-10-15-17-16-13)9-11-6-4-3-5-7-11/h3-7,10,12,14H,2,8-9H2,1H3. The number of hydrogen-bond donors (Lipinski definition) is 1. The molecule has 2 aromatic rings. The highest BCUT2D eigenvalue weighted by Gasteiger charge is 2.13. The van der Waals surface area contributed by atoms with Crippen LogP contribution in [0.2, 0.25) is 0 Å². The Balaban J connectivity index is 2.06. The van der Waals surface area contributed by atoms with Crippen molar-refractivity contribution in [1.29, 1.82) is 0 Å². The highest BCUT2D eigenvalue weighted by molar-refractivity contribution is 6.99. The van der Waals surface area contributed by atoms with Crippen LogP contribution in [0, 0.1) is 0 Å². The first-order chi connectivity index (χ1) is 8.40. The van der Waals surface area contributed by atoms with E-state index in [9.17, 15) is 0 Å². The summed E-state index contributed by atoms with van der Waals surface area (Å²) in [6.45, 7) is 3.18. The van der Waals surface area contributed by atoms with E-state index in [1.807, 2.05) is 12.3 Å². The Labute approximate surface area is 106 Å². The van der Waals surface area contributed by atoms with Crippen LogP contribution in [0.4, 0.5) is 0 Å². The van der Waals surface area contributed by atoms with Gasteiger partial charge in [-0.05, 0) is 24.9 Å². The van der Waals surface area contributed by atoms with Gasteiger partial charge in [-0.3, -0.25) is 0 Å². The van der Waals surface area contributed by atoms with Gasteiger partial charge < -0.3 is 5.32 Å². The fourth-order valence-electron chi connectivity index (χ4n) is 1.78. The minimum atomic E-state index is 0.274. The lowest BCUT2D eigenvalue weighted by Gasteiger charge is -2.15. The molecule has 1 aromatic carbocycles. The maximum atomic E-state index is 4.33. The van der Waals surface area contributed by atoms with Gasteiger partial charge in [0.15, 0.2) is 0 Å². The van der Waals surface area contributed by atoms with Crippen LogP contribution in [0.25, 0.3) is 0 Å². The van der Waals surface area contributed by atoms with Gasteiger partial charge in [-0.1, -0.05) is 37.3 Å². The van der Waals surface area contributed by atoms with Crippen molar-refractivity contribution in [2.45, 2.75) is 25.8 Å². The van der Waals surface area contributed by atoms with Crippen LogP contribution in [0.5, 0.6) is 0 Å². The molecule has 0 bridgehead atoms. The molecule has 3 nitrogen and oxygen atoms in total. The van der Waals surface area contributed by atoms with Gasteiger partial charge in [0.2, 0.25) is 0 Å². The molecule has 4 heteroatoms. The third kappa shape index (κ3) is 3.61. The Morgan fingerprint density at radius 3 is 2.76 bits per heavy atom. The summed E-state index contributed by atoms with van der Waals surface area (Å²) >= 11 is 1.27. The van der Waals surface area contributed by atoms with Crippen LogP contribution in [-0.4, -0.2) is 15.3 Å². The second kappa shape index (κ2) is 6.47. The molecule has 17 heavy (non-hydrogen) atoms. The maximum absolute atomic E-state index is 4.33. The van der Waals surface area contributed by atoms with E-state index in [4.69, 9.17) is 0 Å². The number of benzene rings is 1. The molecule has 0 aliphatic heterocycles.